The molecule has 0 N–H and O–H groups in total. The molecule has 2 aliphatic carbocycles. The van der Waals surface area contributed by atoms with E-state index in [1.807, 2.05) is 0 Å². The average molecular weight is 542 g/mol. The predicted octanol–water partition coefficient (Wildman–Crippen LogP) is 8.33. The zero-order valence-electron chi connectivity index (χ0n) is 19.9. The maximum absolute atomic E-state index is 16.1. The second kappa shape index (κ2) is 9.63. The first-order valence-electron chi connectivity index (χ1n) is 11.8. The maximum atomic E-state index is 16.1. The fraction of sp³-hybridized carbons (Fsp3) is 0.133. The van der Waals surface area contributed by atoms with E-state index < -0.39 is 52.4 Å². The highest BCUT2D eigenvalue weighted by Crippen LogP contribution is 2.77. The van der Waals surface area contributed by atoms with Gasteiger partial charge < -0.3 is 4.57 Å². The number of halogens is 6. The number of benzene rings is 3. The van der Waals surface area contributed by atoms with Crippen molar-refractivity contribution < 1.29 is 30.9 Å². The molecule has 2 unspecified atom stereocenters. The Kier molecular flexibility index (Phi) is 6.60. The molecule has 0 aromatic heterocycles. The lowest BCUT2D eigenvalue weighted by Gasteiger charge is -2.50. The van der Waals surface area contributed by atoms with Crippen LogP contribution >= 0.6 is 7.14 Å². The third-order valence-electron chi connectivity index (χ3n) is 7.31. The first-order chi connectivity index (χ1) is 18.2. The van der Waals surface area contributed by atoms with Gasteiger partial charge in [-0.15, -0.1) is 0 Å². The quantitative estimate of drug-likeness (QED) is 0.180. The molecule has 0 saturated carbocycles. The number of allylic oxidation sites excluding steroid dienone is 8. The Morgan fingerprint density at radius 1 is 0.579 bits per heavy atom. The SMILES string of the molecule is O=P(c1ccccc1)(C1(c2cc(F)c(F)c(F)c2)C=CC=CC1)C1(c2cc(F)c(F)c(F)c2)C=CC=CC1. The molecule has 0 bridgehead atoms. The van der Waals surface area contributed by atoms with E-state index in [2.05, 4.69) is 0 Å². The summed E-state index contributed by atoms with van der Waals surface area (Å²) in [5.41, 5.74) is -0.209. The van der Waals surface area contributed by atoms with Crippen LogP contribution in [-0.2, 0) is 14.9 Å². The van der Waals surface area contributed by atoms with Crippen LogP contribution in [0, 0.1) is 34.9 Å². The summed E-state index contributed by atoms with van der Waals surface area (Å²) < 4.78 is 103. The van der Waals surface area contributed by atoms with Crippen molar-refractivity contribution in [3.8, 4) is 0 Å². The van der Waals surface area contributed by atoms with Crippen LogP contribution in [-0.4, -0.2) is 0 Å². The van der Waals surface area contributed by atoms with Gasteiger partial charge in [-0.1, -0.05) is 78.9 Å². The summed E-state index contributed by atoms with van der Waals surface area (Å²) in [6.45, 7) is 0. The van der Waals surface area contributed by atoms with E-state index in [4.69, 9.17) is 0 Å². The third kappa shape index (κ3) is 3.75. The molecule has 0 saturated heterocycles. The largest absolute Gasteiger partial charge is 0.316 e. The van der Waals surface area contributed by atoms with Gasteiger partial charge in [0.15, 0.2) is 34.9 Å². The van der Waals surface area contributed by atoms with Crippen LogP contribution in [0.15, 0.2) is 103 Å². The number of hydrogen-bond acceptors (Lipinski definition) is 1. The molecular weight excluding hydrogens is 521 g/mol. The average Bonchev–Trinajstić information content (AvgIpc) is 2.94. The van der Waals surface area contributed by atoms with E-state index in [1.54, 1.807) is 66.8 Å². The molecule has 2 atom stereocenters. The van der Waals surface area contributed by atoms with E-state index in [0.29, 0.717) is 0 Å². The van der Waals surface area contributed by atoms with Gasteiger partial charge in [0.1, 0.15) is 7.14 Å². The van der Waals surface area contributed by atoms with Crippen molar-refractivity contribution in [3.63, 3.8) is 0 Å². The molecule has 8 heteroatoms. The molecule has 0 fully saturated rings. The summed E-state index contributed by atoms with van der Waals surface area (Å²) in [6.07, 6.45) is 12.8. The molecular formula is C30H21F6OP. The molecule has 0 amide bonds. The zero-order valence-corrected chi connectivity index (χ0v) is 20.7. The van der Waals surface area contributed by atoms with Crippen LogP contribution in [0.3, 0.4) is 0 Å². The van der Waals surface area contributed by atoms with Crippen molar-refractivity contribution in [2.75, 3.05) is 0 Å². The monoisotopic (exact) mass is 542 g/mol. The molecule has 194 valence electrons. The second-order valence-corrected chi connectivity index (χ2v) is 12.6. The molecule has 0 radical (unpaired) electrons. The molecule has 0 spiro atoms. The molecule has 0 aliphatic heterocycles. The smallest absolute Gasteiger partial charge is 0.194 e. The third-order valence-corrected chi connectivity index (χ3v) is 11.8. The lowest BCUT2D eigenvalue weighted by molar-refractivity contribution is 0.440. The Bertz CT molecular complexity index is 1430. The minimum atomic E-state index is -4.23. The van der Waals surface area contributed by atoms with Crippen molar-refractivity contribution in [1.29, 1.82) is 0 Å². The van der Waals surface area contributed by atoms with Crippen molar-refractivity contribution >= 4 is 12.4 Å². The summed E-state index contributed by atoms with van der Waals surface area (Å²) in [5, 5.41) is -3.08. The predicted molar refractivity (Wildman–Crippen MR) is 135 cm³/mol. The Morgan fingerprint density at radius 3 is 1.32 bits per heavy atom. The van der Waals surface area contributed by atoms with Gasteiger partial charge in [0, 0.05) is 5.30 Å². The Balaban J connectivity index is 1.94. The first-order valence-corrected chi connectivity index (χ1v) is 13.5. The van der Waals surface area contributed by atoms with Gasteiger partial charge in [-0.25, -0.2) is 26.3 Å². The molecule has 5 rings (SSSR count). The molecule has 38 heavy (non-hydrogen) atoms. The van der Waals surface area contributed by atoms with Crippen molar-refractivity contribution in [3.05, 3.63) is 149 Å². The van der Waals surface area contributed by atoms with Crippen LogP contribution in [0.1, 0.15) is 24.0 Å². The van der Waals surface area contributed by atoms with Gasteiger partial charge in [-0.2, -0.15) is 0 Å². The van der Waals surface area contributed by atoms with Crippen LogP contribution in [0.4, 0.5) is 26.3 Å². The summed E-state index contributed by atoms with van der Waals surface area (Å²) >= 11 is 0. The van der Waals surface area contributed by atoms with E-state index in [1.165, 1.54) is 12.2 Å². The van der Waals surface area contributed by atoms with E-state index in [0.717, 1.165) is 24.3 Å². The highest BCUT2D eigenvalue weighted by molar-refractivity contribution is 7.74. The van der Waals surface area contributed by atoms with Crippen LogP contribution in [0.25, 0.3) is 0 Å². The summed E-state index contributed by atoms with van der Waals surface area (Å²) in [7, 11) is -4.23. The fourth-order valence-electron chi connectivity index (χ4n) is 5.54. The molecule has 3 aromatic rings. The highest BCUT2D eigenvalue weighted by atomic mass is 31.2. The van der Waals surface area contributed by atoms with Gasteiger partial charge in [-0.05, 0) is 48.2 Å². The fourth-order valence-corrected chi connectivity index (χ4v) is 10.1. The second-order valence-electron chi connectivity index (χ2n) is 9.28. The minimum Gasteiger partial charge on any atom is -0.316 e. The van der Waals surface area contributed by atoms with Crippen molar-refractivity contribution in [1.82, 2.24) is 0 Å². The van der Waals surface area contributed by atoms with Crippen LogP contribution in [0.2, 0.25) is 0 Å². The Labute approximate surface area is 215 Å². The first kappa shape index (κ1) is 26.1. The van der Waals surface area contributed by atoms with Gasteiger partial charge in [-0.3, -0.25) is 0 Å². The van der Waals surface area contributed by atoms with Gasteiger partial charge in [0.2, 0.25) is 0 Å². The lowest BCUT2D eigenvalue weighted by Crippen LogP contribution is -2.41. The standard InChI is InChI=1S/C30H21F6OP/c31-23-16-20(17-24(32)27(23)35)29(12-6-2-7-13-29)38(37,22-10-4-1-5-11-22)30(14-8-3-9-15-30)21-18-25(33)28(36)26(34)19-21/h1-12,14,16-19H,13,15H2. The zero-order chi connectivity index (χ0) is 27.1. The normalized spacial score (nSPS) is 23.9. The van der Waals surface area contributed by atoms with E-state index in [-0.39, 0.29) is 29.3 Å². The lowest BCUT2D eigenvalue weighted by atomic mass is 9.89. The maximum Gasteiger partial charge on any atom is 0.194 e. The highest BCUT2D eigenvalue weighted by Gasteiger charge is 2.60. The number of rotatable bonds is 5. The topological polar surface area (TPSA) is 17.1 Å². The van der Waals surface area contributed by atoms with Gasteiger partial charge >= 0.3 is 0 Å². The minimum absolute atomic E-state index is 0.0222. The Hall–Kier alpha value is -3.57. The van der Waals surface area contributed by atoms with E-state index >= 15 is 4.57 Å². The molecule has 3 aromatic carbocycles. The van der Waals surface area contributed by atoms with Gasteiger partial charge in [0.25, 0.3) is 0 Å². The van der Waals surface area contributed by atoms with Gasteiger partial charge in [0.05, 0.1) is 10.3 Å². The summed E-state index contributed by atoms with van der Waals surface area (Å²) in [5.74, 6) is -9.20. The van der Waals surface area contributed by atoms with Crippen LogP contribution in [0.5, 0.6) is 0 Å². The van der Waals surface area contributed by atoms with Crippen molar-refractivity contribution in [2.24, 2.45) is 0 Å². The van der Waals surface area contributed by atoms with E-state index in [9.17, 15) is 26.3 Å². The summed E-state index contributed by atoms with van der Waals surface area (Å²) in [6, 6.07) is 11.3. The molecule has 2 aliphatic rings. The summed E-state index contributed by atoms with van der Waals surface area (Å²) in [4.78, 5) is 0. The van der Waals surface area contributed by atoms with Crippen molar-refractivity contribution in [2.45, 2.75) is 23.2 Å². The van der Waals surface area contributed by atoms with Crippen LogP contribution < -0.4 is 5.30 Å². The Morgan fingerprint density at radius 2 is 0.974 bits per heavy atom. The number of hydrogen-bond donors (Lipinski definition) is 0. The molecule has 1 nitrogen and oxygen atoms in total. The molecule has 0 heterocycles.